The zero-order chi connectivity index (χ0) is 13.1. The van der Waals surface area contributed by atoms with E-state index in [1.807, 2.05) is 12.3 Å². The molecule has 2 aromatic rings. The van der Waals surface area contributed by atoms with Crippen LogP contribution in [0.2, 0.25) is 0 Å². The maximum Gasteiger partial charge on any atom is 0.251 e. The van der Waals surface area contributed by atoms with Crippen LogP contribution in [0.4, 0.5) is 0 Å². The van der Waals surface area contributed by atoms with E-state index in [2.05, 4.69) is 10.3 Å². The van der Waals surface area contributed by atoms with E-state index >= 15 is 0 Å². The quantitative estimate of drug-likeness (QED) is 0.892. The molecule has 94 valence electrons. The zero-order valence-electron chi connectivity index (χ0n) is 10.2. The third-order valence-corrected chi connectivity index (χ3v) is 3.39. The van der Waals surface area contributed by atoms with Crippen molar-refractivity contribution in [3.63, 3.8) is 0 Å². The average molecular weight is 262 g/mol. The number of carbonyl (C=O) groups excluding carboxylic acids is 1. The average Bonchev–Trinajstić information content (AvgIpc) is 2.75. The lowest BCUT2D eigenvalue weighted by Gasteiger charge is -2.05. The molecule has 18 heavy (non-hydrogen) atoms. The Bertz CT molecular complexity index is 578. The van der Waals surface area contributed by atoms with Crippen molar-refractivity contribution in [1.82, 2.24) is 10.3 Å². The van der Waals surface area contributed by atoms with Crippen LogP contribution in [-0.2, 0) is 6.54 Å². The summed E-state index contributed by atoms with van der Waals surface area (Å²) in [5.74, 6) is -0.0805. The third kappa shape index (κ3) is 2.87. The summed E-state index contributed by atoms with van der Waals surface area (Å²) in [4.78, 5) is 16.1. The van der Waals surface area contributed by atoms with E-state index in [4.69, 9.17) is 0 Å². The van der Waals surface area contributed by atoms with Crippen molar-refractivity contribution in [1.29, 1.82) is 0 Å². The fourth-order valence-corrected chi connectivity index (χ4v) is 2.13. The Kier molecular flexibility index (Phi) is 3.62. The molecule has 1 heterocycles. The molecule has 0 saturated heterocycles. The number of hydrogen-bond acceptors (Lipinski definition) is 4. The van der Waals surface area contributed by atoms with Crippen molar-refractivity contribution in [3.8, 4) is 5.75 Å². The summed E-state index contributed by atoms with van der Waals surface area (Å²) in [5.41, 5.74) is 2.05. The summed E-state index contributed by atoms with van der Waals surface area (Å²) in [6.45, 7) is 4.11. The minimum absolute atomic E-state index is 0.132. The van der Waals surface area contributed by atoms with Crippen LogP contribution in [0.25, 0.3) is 0 Å². The lowest BCUT2D eigenvalue weighted by atomic mass is 10.1. The van der Waals surface area contributed by atoms with E-state index in [1.165, 1.54) is 6.07 Å². The van der Waals surface area contributed by atoms with Gasteiger partial charge < -0.3 is 10.4 Å². The molecule has 5 heteroatoms. The maximum absolute atomic E-state index is 11.8. The second-order valence-electron chi connectivity index (χ2n) is 4.04. The van der Waals surface area contributed by atoms with Gasteiger partial charge >= 0.3 is 0 Å². The van der Waals surface area contributed by atoms with E-state index in [0.29, 0.717) is 12.1 Å². The molecule has 0 aliphatic carbocycles. The fraction of sp³-hybridized carbons (Fsp3) is 0.231. The number of nitrogens with one attached hydrogen (secondary N) is 1. The smallest absolute Gasteiger partial charge is 0.251 e. The lowest BCUT2D eigenvalue weighted by molar-refractivity contribution is 0.0950. The highest BCUT2D eigenvalue weighted by Gasteiger charge is 2.08. The second kappa shape index (κ2) is 5.18. The molecule has 0 radical (unpaired) electrons. The van der Waals surface area contributed by atoms with Crippen molar-refractivity contribution in [3.05, 3.63) is 45.4 Å². The number of hydrogen-bond donors (Lipinski definition) is 2. The molecule has 0 fully saturated rings. The van der Waals surface area contributed by atoms with Gasteiger partial charge in [0.2, 0.25) is 0 Å². The van der Waals surface area contributed by atoms with Crippen LogP contribution in [0.5, 0.6) is 5.75 Å². The van der Waals surface area contributed by atoms with Gasteiger partial charge in [-0.2, -0.15) is 0 Å². The number of phenolic OH excluding ortho intramolecular Hbond substituents is 1. The van der Waals surface area contributed by atoms with Crippen LogP contribution in [0.15, 0.2) is 23.6 Å². The lowest BCUT2D eigenvalue weighted by Crippen LogP contribution is -2.22. The molecule has 4 nitrogen and oxygen atoms in total. The first kappa shape index (κ1) is 12.6. The molecule has 2 rings (SSSR count). The highest BCUT2D eigenvalue weighted by atomic mass is 32.1. The Morgan fingerprint density at radius 2 is 2.22 bits per heavy atom. The normalized spacial score (nSPS) is 10.3. The van der Waals surface area contributed by atoms with Crippen LogP contribution < -0.4 is 5.32 Å². The number of carbonyl (C=O) groups is 1. The molecule has 2 N–H and O–H groups in total. The Morgan fingerprint density at radius 1 is 1.44 bits per heavy atom. The van der Waals surface area contributed by atoms with E-state index in [-0.39, 0.29) is 11.7 Å². The topological polar surface area (TPSA) is 62.2 Å². The molecule has 0 aliphatic heterocycles. The van der Waals surface area contributed by atoms with E-state index in [0.717, 1.165) is 16.3 Å². The number of benzene rings is 1. The Labute approximate surface area is 109 Å². The summed E-state index contributed by atoms with van der Waals surface area (Å²) >= 11 is 1.55. The summed E-state index contributed by atoms with van der Waals surface area (Å²) in [6, 6.07) is 4.88. The number of phenols is 1. The predicted octanol–water partition coefficient (Wildman–Crippen LogP) is 2.40. The van der Waals surface area contributed by atoms with Crippen LogP contribution >= 0.6 is 11.3 Å². The van der Waals surface area contributed by atoms with Gasteiger partial charge in [0.25, 0.3) is 5.91 Å². The molecule has 1 amide bonds. The molecule has 0 unspecified atom stereocenters. The van der Waals surface area contributed by atoms with E-state index < -0.39 is 0 Å². The highest BCUT2D eigenvalue weighted by Crippen LogP contribution is 2.17. The van der Waals surface area contributed by atoms with Crippen LogP contribution in [0, 0.1) is 13.8 Å². The first-order chi connectivity index (χ1) is 8.56. The Morgan fingerprint density at radius 3 is 2.83 bits per heavy atom. The van der Waals surface area contributed by atoms with Crippen molar-refractivity contribution in [2.24, 2.45) is 0 Å². The predicted molar refractivity (Wildman–Crippen MR) is 70.9 cm³/mol. The van der Waals surface area contributed by atoms with Crippen molar-refractivity contribution in [2.75, 3.05) is 0 Å². The van der Waals surface area contributed by atoms with Crippen LogP contribution in [0.1, 0.15) is 26.6 Å². The molecular weight excluding hydrogens is 248 g/mol. The minimum Gasteiger partial charge on any atom is -0.508 e. The molecular formula is C13H14N2O2S. The first-order valence-corrected chi connectivity index (χ1v) is 6.43. The summed E-state index contributed by atoms with van der Waals surface area (Å²) < 4.78 is 0. The first-order valence-electron chi connectivity index (χ1n) is 5.55. The second-order valence-corrected chi connectivity index (χ2v) is 5.10. The molecule has 1 aromatic carbocycles. The third-order valence-electron chi connectivity index (χ3n) is 2.57. The van der Waals surface area contributed by atoms with Crippen molar-refractivity contribution >= 4 is 17.2 Å². The minimum atomic E-state index is -0.212. The standard InChI is InChI=1S/C13H14N2O2S/c1-8-3-4-10(5-12(8)16)13(17)14-6-11-7-18-9(2)15-11/h3-5,7,16H,6H2,1-2H3,(H,14,17). The summed E-state index contributed by atoms with van der Waals surface area (Å²) in [7, 11) is 0. The largest absolute Gasteiger partial charge is 0.508 e. The number of thiazole rings is 1. The Hall–Kier alpha value is -1.88. The molecule has 0 bridgehead atoms. The molecule has 0 atom stereocenters. The van der Waals surface area contributed by atoms with Gasteiger partial charge in [-0.15, -0.1) is 11.3 Å². The Balaban J connectivity index is 2.01. The summed E-state index contributed by atoms with van der Waals surface area (Å²) in [6.07, 6.45) is 0. The van der Waals surface area contributed by atoms with Gasteiger partial charge in [0.05, 0.1) is 17.2 Å². The number of rotatable bonds is 3. The zero-order valence-corrected chi connectivity index (χ0v) is 11.0. The number of aromatic nitrogens is 1. The van der Waals surface area contributed by atoms with Gasteiger partial charge in [-0.3, -0.25) is 4.79 Å². The van der Waals surface area contributed by atoms with Gasteiger partial charge in [0.1, 0.15) is 5.75 Å². The molecule has 0 spiro atoms. The van der Waals surface area contributed by atoms with Gasteiger partial charge in [0, 0.05) is 10.9 Å². The van der Waals surface area contributed by atoms with Gasteiger partial charge in [0.15, 0.2) is 0 Å². The van der Waals surface area contributed by atoms with Gasteiger partial charge in [-0.25, -0.2) is 4.98 Å². The van der Waals surface area contributed by atoms with Crippen LogP contribution in [0.3, 0.4) is 0 Å². The maximum atomic E-state index is 11.8. The van der Waals surface area contributed by atoms with E-state index in [1.54, 1.807) is 30.4 Å². The fourth-order valence-electron chi connectivity index (χ4n) is 1.51. The highest BCUT2D eigenvalue weighted by molar-refractivity contribution is 7.09. The van der Waals surface area contributed by atoms with Gasteiger partial charge in [-0.05, 0) is 31.5 Å². The van der Waals surface area contributed by atoms with Gasteiger partial charge in [-0.1, -0.05) is 6.07 Å². The molecule has 1 aromatic heterocycles. The monoisotopic (exact) mass is 262 g/mol. The van der Waals surface area contributed by atoms with Crippen molar-refractivity contribution < 1.29 is 9.90 Å². The number of amides is 1. The van der Waals surface area contributed by atoms with Crippen LogP contribution in [-0.4, -0.2) is 16.0 Å². The number of nitrogens with zero attached hydrogens (tertiary/aromatic N) is 1. The van der Waals surface area contributed by atoms with E-state index in [9.17, 15) is 9.90 Å². The van der Waals surface area contributed by atoms with Crippen molar-refractivity contribution in [2.45, 2.75) is 20.4 Å². The number of aromatic hydroxyl groups is 1. The molecule has 0 saturated carbocycles. The number of aryl methyl sites for hydroxylation is 2. The molecule has 0 aliphatic rings. The summed E-state index contributed by atoms with van der Waals surface area (Å²) in [5, 5.41) is 15.2. The SMILES string of the molecule is Cc1nc(CNC(=O)c2ccc(C)c(O)c2)cs1.